The van der Waals surface area contributed by atoms with Crippen molar-refractivity contribution < 1.29 is 28.6 Å². The Hall–Kier alpha value is -4.78. The molecule has 4 aromatic rings. The first kappa shape index (κ1) is 23.9. The third-order valence-electron chi connectivity index (χ3n) is 6.23. The summed E-state index contributed by atoms with van der Waals surface area (Å²) >= 11 is 0. The van der Waals surface area contributed by atoms with Crippen molar-refractivity contribution in [1.82, 2.24) is 4.90 Å². The van der Waals surface area contributed by atoms with Gasteiger partial charge in [-0.05, 0) is 59.7 Å². The van der Waals surface area contributed by atoms with Gasteiger partial charge in [-0.2, -0.15) is 0 Å². The molecule has 7 heteroatoms. The Morgan fingerprint density at radius 2 is 1.70 bits per heavy atom. The molecular weight excluding hydrogens is 470 g/mol. The van der Waals surface area contributed by atoms with Gasteiger partial charge >= 0.3 is 0 Å². The lowest BCUT2D eigenvalue weighted by Gasteiger charge is -2.25. The van der Waals surface area contributed by atoms with Crippen molar-refractivity contribution in [1.29, 1.82) is 0 Å². The van der Waals surface area contributed by atoms with Gasteiger partial charge in [0.1, 0.15) is 29.6 Å². The molecule has 3 aromatic carbocycles. The topological polar surface area (TPSA) is 89.2 Å². The molecule has 5 rings (SSSR count). The summed E-state index contributed by atoms with van der Waals surface area (Å²) in [5, 5.41) is 11.3. The van der Waals surface area contributed by atoms with Crippen LogP contribution in [0.2, 0.25) is 0 Å². The van der Waals surface area contributed by atoms with Crippen molar-refractivity contribution in [3.63, 3.8) is 0 Å². The molecule has 186 valence electrons. The molecule has 1 amide bonds. The molecule has 1 unspecified atom stereocenters. The number of hydrogen-bond donors (Lipinski definition) is 1. The van der Waals surface area contributed by atoms with Crippen LogP contribution >= 0.6 is 0 Å². The maximum absolute atomic E-state index is 13.3. The predicted molar refractivity (Wildman–Crippen MR) is 137 cm³/mol. The van der Waals surface area contributed by atoms with E-state index < -0.39 is 17.7 Å². The molecule has 1 aliphatic rings. The molecule has 0 saturated carbocycles. The largest absolute Gasteiger partial charge is 0.507 e. The van der Waals surface area contributed by atoms with E-state index in [4.69, 9.17) is 13.9 Å². The fourth-order valence-electron chi connectivity index (χ4n) is 4.38. The van der Waals surface area contributed by atoms with Crippen LogP contribution in [0.4, 0.5) is 0 Å². The zero-order chi connectivity index (χ0) is 25.8. The molecule has 0 spiro atoms. The number of methoxy groups -OCH3 is 1. The number of aliphatic hydroxyl groups is 1. The highest BCUT2D eigenvalue weighted by Crippen LogP contribution is 2.41. The smallest absolute Gasteiger partial charge is 0.296 e. The van der Waals surface area contributed by atoms with Crippen LogP contribution in [0.1, 0.15) is 28.5 Å². The van der Waals surface area contributed by atoms with E-state index in [0.717, 1.165) is 5.56 Å². The van der Waals surface area contributed by atoms with Crippen LogP contribution in [0.3, 0.4) is 0 Å². The monoisotopic (exact) mass is 495 g/mol. The first-order chi connectivity index (χ1) is 18.0. The summed E-state index contributed by atoms with van der Waals surface area (Å²) in [5.41, 5.74) is 2.04. The van der Waals surface area contributed by atoms with Crippen LogP contribution in [-0.2, 0) is 22.7 Å². The zero-order valence-corrected chi connectivity index (χ0v) is 20.2. The molecule has 2 heterocycles. The summed E-state index contributed by atoms with van der Waals surface area (Å²) in [6, 6.07) is 26.2. The minimum Gasteiger partial charge on any atom is -0.507 e. The van der Waals surface area contributed by atoms with Crippen molar-refractivity contribution in [3.05, 3.63) is 125 Å². The number of likely N-dealkylation sites (tertiary alicyclic amines) is 1. The Balaban J connectivity index is 1.55. The average molecular weight is 496 g/mol. The molecule has 0 bridgehead atoms. The molecule has 1 fully saturated rings. The van der Waals surface area contributed by atoms with E-state index in [1.807, 2.05) is 42.5 Å². The van der Waals surface area contributed by atoms with E-state index in [1.54, 1.807) is 55.6 Å². The highest BCUT2D eigenvalue weighted by Gasteiger charge is 2.46. The van der Waals surface area contributed by atoms with Gasteiger partial charge in [0.2, 0.25) is 0 Å². The standard InChI is InChI=1S/C30H25NO6/c1-35-23-14-12-21(13-15-23)28(32)26-27(31(30(34)29(26)33)18-25-11-6-16-36-25)22-9-5-10-24(17-22)37-19-20-7-3-2-4-8-20/h2-17,27,32H,18-19H2,1H3/b28-26+. The fourth-order valence-corrected chi connectivity index (χ4v) is 4.38. The molecule has 1 aliphatic heterocycles. The molecule has 1 atom stereocenters. The van der Waals surface area contributed by atoms with Crippen LogP contribution in [-0.4, -0.2) is 28.8 Å². The summed E-state index contributed by atoms with van der Waals surface area (Å²) < 4.78 is 16.6. The van der Waals surface area contributed by atoms with Crippen LogP contribution in [0.15, 0.2) is 107 Å². The van der Waals surface area contributed by atoms with Crippen LogP contribution < -0.4 is 9.47 Å². The molecule has 37 heavy (non-hydrogen) atoms. The van der Waals surface area contributed by atoms with Gasteiger partial charge in [-0.25, -0.2) is 0 Å². The Morgan fingerprint density at radius 3 is 2.41 bits per heavy atom. The zero-order valence-electron chi connectivity index (χ0n) is 20.2. The maximum atomic E-state index is 13.3. The summed E-state index contributed by atoms with van der Waals surface area (Å²) in [6.45, 7) is 0.430. The minimum absolute atomic E-state index is 0.00179. The maximum Gasteiger partial charge on any atom is 0.296 e. The normalized spacial score (nSPS) is 16.7. The number of nitrogens with zero attached hydrogens (tertiary/aromatic N) is 1. The number of ether oxygens (including phenoxy) is 2. The number of rotatable bonds is 8. The molecule has 1 aromatic heterocycles. The Kier molecular flexibility index (Phi) is 6.76. The molecular formula is C30H25NO6. The van der Waals surface area contributed by atoms with Crippen molar-refractivity contribution in [2.75, 3.05) is 7.11 Å². The molecule has 1 N–H and O–H groups in total. The lowest BCUT2D eigenvalue weighted by Crippen LogP contribution is -2.29. The van der Waals surface area contributed by atoms with Crippen LogP contribution in [0.5, 0.6) is 11.5 Å². The lowest BCUT2D eigenvalue weighted by atomic mass is 9.95. The Morgan fingerprint density at radius 1 is 0.919 bits per heavy atom. The lowest BCUT2D eigenvalue weighted by molar-refractivity contribution is -0.140. The summed E-state index contributed by atoms with van der Waals surface area (Å²) in [4.78, 5) is 27.9. The third kappa shape index (κ3) is 4.97. The van der Waals surface area contributed by atoms with Crippen LogP contribution in [0.25, 0.3) is 5.76 Å². The number of hydrogen-bond acceptors (Lipinski definition) is 6. The SMILES string of the molecule is COc1ccc(/C(O)=C2\C(=O)C(=O)N(Cc3ccco3)C2c2cccc(OCc3ccccc3)c2)cc1. The second-order valence-electron chi connectivity index (χ2n) is 8.58. The quantitative estimate of drug-likeness (QED) is 0.198. The van der Waals surface area contributed by atoms with E-state index in [0.29, 0.717) is 35.0 Å². The number of carbonyl (C=O) groups excluding carboxylic acids is 2. The fraction of sp³-hybridized carbons (Fsp3) is 0.133. The van der Waals surface area contributed by atoms with Gasteiger partial charge in [0.15, 0.2) is 0 Å². The van der Waals surface area contributed by atoms with Gasteiger partial charge in [-0.15, -0.1) is 0 Å². The van der Waals surface area contributed by atoms with Gasteiger partial charge in [-0.1, -0.05) is 42.5 Å². The molecule has 0 aliphatic carbocycles. The van der Waals surface area contributed by atoms with Gasteiger partial charge in [0, 0.05) is 5.56 Å². The molecule has 7 nitrogen and oxygen atoms in total. The number of benzene rings is 3. The minimum atomic E-state index is -0.840. The van der Waals surface area contributed by atoms with E-state index in [2.05, 4.69) is 0 Å². The van der Waals surface area contributed by atoms with Gasteiger partial charge in [0.05, 0.1) is 31.5 Å². The summed E-state index contributed by atoms with van der Waals surface area (Å²) in [6.07, 6.45) is 1.51. The average Bonchev–Trinajstić information content (AvgIpc) is 3.55. The van der Waals surface area contributed by atoms with Gasteiger partial charge < -0.3 is 23.9 Å². The van der Waals surface area contributed by atoms with Crippen LogP contribution in [0, 0.1) is 0 Å². The van der Waals surface area contributed by atoms with E-state index >= 15 is 0 Å². The number of aliphatic hydroxyl groups excluding tert-OH is 1. The highest BCUT2D eigenvalue weighted by atomic mass is 16.5. The third-order valence-corrected chi connectivity index (χ3v) is 6.23. The van der Waals surface area contributed by atoms with E-state index in [1.165, 1.54) is 11.2 Å². The number of ketones is 1. The predicted octanol–water partition coefficient (Wildman–Crippen LogP) is 5.49. The Bertz CT molecular complexity index is 1420. The molecule has 1 saturated heterocycles. The van der Waals surface area contributed by atoms with E-state index in [9.17, 15) is 14.7 Å². The first-order valence-electron chi connectivity index (χ1n) is 11.8. The second kappa shape index (κ2) is 10.5. The van der Waals surface area contributed by atoms with Crippen molar-refractivity contribution in [3.8, 4) is 11.5 Å². The van der Waals surface area contributed by atoms with Crippen molar-refractivity contribution in [2.45, 2.75) is 19.2 Å². The molecule has 0 radical (unpaired) electrons. The van der Waals surface area contributed by atoms with Crippen molar-refractivity contribution in [2.24, 2.45) is 0 Å². The number of amides is 1. The second-order valence-corrected chi connectivity index (χ2v) is 8.58. The van der Waals surface area contributed by atoms with Crippen molar-refractivity contribution >= 4 is 17.4 Å². The number of carbonyl (C=O) groups is 2. The highest BCUT2D eigenvalue weighted by molar-refractivity contribution is 6.46. The Labute approximate surface area is 214 Å². The summed E-state index contributed by atoms with van der Waals surface area (Å²) in [7, 11) is 1.54. The van der Waals surface area contributed by atoms with E-state index in [-0.39, 0.29) is 17.9 Å². The number of furan rings is 1. The number of Topliss-reactive ketones (excluding diaryl/α,β-unsaturated/α-hetero) is 1. The van der Waals surface area contributed by atoms with Gasteiger partial charge in [-0.3, -0.25) is 9.59 Å². The first-order valence-corrected chi connectivity index (χ1v) is 11.8. The van der Waals surface area contributed by atoms with Gasteiger partial charge in [0.25, 0.3) is 11.7 Å². The summed E-state index contributed by atoms with van der Waals surface area (Å²) in [5.74, 6) is -0.0343.